The van der Waals surface area contributed by atoms with Gasteiger partial charge in [-0.1, -0.05) is 24.3 Å². The predicted molar refractivity (Wildman–Crippen MR) is 112 cm³/mol. The summed E-state index contributed by atoms with van der Waals surface area (Å²) in [7, 11) is 1.62. The normalized spacial score (nSPS) is 16.8. The van der Waals surface area contributed by atoms with Gasteiger partial charge in [-0.05, 0) is 24.6 Å². The minimum absolute atomic E-state index is 0. The topological polar surface area (TPSA) is 39.7 Å². The van der Waals surface area contributed by atoms with E-state index in [1.165, 1.54) is 24.3 Å². The number of para-hydroxylation sites is 1. The van der Waals surface area contributed by atoms with Crippen LogP contribution in [0.5, 0.6) is 0 Å². The first kappa shape index (κ1) is 21.3. The molecular weight excluding hydrogens is 468 g/mol. The van der Waals surface area contributed by atoms with E-state index in [4.69, 9.17) is 0 Å². The van der Waals surface area contributed by atoms with Gasteiger partial charge in [-0.25, -0.2) is 13.2 Å². The highest BCUT2D eigenvalue weighted by molar-refractivity contribution is 14.0. The van der Waals surface area contributed by atoms with Gasteiger partial charge >= 0.3 is 0 Å². The summed E-state index contributed by atoms with van der Waals surface area (Å²) in [6.07, 6.45) is 0.716. The van der Waals surface area contributed by atoms with E-state index in [1.807, 2.05) is 0 Å². The maximum absolute atomic E-state index is 13.9. The average Bonchev–Trinajstić information content (AvgIpc) is 3.07. The molecule has 0 aliphatic carbocycles. The van der Waals surface area contributed by atoms with Gasteiger partial charge in [-0.3, -0.25) is 4.99 Å². The third-order valence-electron chi connectivity index (χ3n) is 4.41. The molecule has 2 N–H and O–H groups in total. The first-order chi connectivity index (χ1) is 12.6. The number of guanidine groups is 1. The fourth-order valence-corrected chi connectivity index (χ4v) is 3.08. The zero-order chi connectivity index (χ0) is 18.5. The summed E-state index contributed by atoms with van der Waals surface area (Å²) in [6.45, 7) is 1.29. The molecule has 0 saturated carbocycles. The highest BCUT2D eigenvalue weighted by Gasteiger charge is 2.27. The fourth-order valence-electron chi connectivity index (χ4n) is 3.08. The monoisotopic (exact) mass is 490 g/mol. The molecule has 1 saturated heterocycles. The van der Waals surface area contributed by atoms with Crippen molar-refractivity contribution in [1.29, 1.82) is 0 Å². The van der Waals surface area contributed by atoms with Gasteiger partial charge in [0, 0.05) is 38.3 Å². The SMILES string of the molecule is CN=C(NCc1ccccc1F)NC1CCN(c2c(F)cccc2F)C1.I. The van der Waals surface area contributed by atoms with E-state index < -0.39 is 11.6 Å². The predicted octanol–water partition coefficient (Wildman–Crippen LogP) is 3.67. The summed E-state index contributed by atoms with van der Waals surface area (Å²) < 4.78 is 41.5. The summed E-state index contributed by atoms with van der Waals surface area (Å²) in [4.78, 5) is 5.82. The molecule has 146 valence electrons. The molecule has 0 radical (unpaired) electrons. The minimum Gasteiger partial charge on any atom is -0.365 e. The van der Waals surface area contributed by atoms with E-state index in [9.17, 15) is 13.2 Å². The van der Waals surface area contributed by atoms with Crippen molar-refractivity contribution in [3.8, 4) is 0 Å². The molecule has 0 amide bonds. The summed E-state index contributed by atoms with van der Waals surface area (Å²) in [5, 5.41) is 6.29. The number of benzene rings is 2. The molecule has 1 heterocycles. The van der Waals surface area contributed by atoms with Crippen LogP contribution in [-0.2, 0) is 6.54 Å². The molecule has 1 unspecified atom stereocenters. The molecule has 0 bridgehead atoms. The van der Waals surface area contributed by atoms with Crippen molar-refractivity contribution >= 4 is 35.6 Å². The maximum Gasteiger partial charge on any atom is 0.191 e. The first-order valence-corrected chi connectivity index (χ1v) is 8.48. The van der Waals surface area contributed by atoms with Gasteiger partial charge in [-0.2, -0.15) is 0 Å². The highest BCUT2D eigenvalue weighted by atomic mass is 127. The van der Waals surface area contributed by atoms with Crippen LogP contribution < -0.4 is 15.5 Å². The Morgan fingerprint density at radius 1 is 1.07 bits per heavy atom. The molecule has 1 aliphatic rings. The van der Waals surface area contributed by atoms with Gasteiger partial charge in [0.25, 0.3) is 0 Å². The number of hydrogen-bond acceptors (Lipinski definition) is 2. The molecule has 27 heavy (non-hydrogen) atoms. The quantitative estimate of drug-likeness (QED) is 0.391. The summed E-state index contributed by atoms with van der Waals surface area (Å²) >= 11 is 0. The van der Waals surface area contributed by atoms with Crippen molar-refractivity contribution in [2.45, 2.75) is 19.0 Å². The van der Waals surface area contributed by atoms with Crippen LogP contribution in [0.1, 0.15) is 12.0 Å². The van der Waals surface area contributed by atoms with Gasteiger partial charge in [0.1, 0.15) is 23.1 Å². The molecule has 4 nitrogen and oxygen atoms in total. The summed E-state index contributed by atoms with van der Waals surface area (Å²) in [5.74, 6) is -0.882. The number of nitrogens with zero attached hydrogens (tertiary/aromatic N) is 2. The van der Waals surface area contributed by atoms with Gasteiger partial charge in [0.05, 0.1) is 0 Å². The van der Waals surface area contributed by atoms with Crippen LogP contribution in [0.3, 0.4) is 0 Å². The molecule has 3 rings (SSSR count). The Labute approximate surface area is 173 Å². The van der Waals surface area contributed by atoms with E-state index in [0.717, 1.165) is 0 Å². The van der Waals surface area contributed by atoms with Crippen molar-refractivity contribution in [2.24, 2.45) is 4.99 Å². The highest BCUT2D eigenvalue weighted by Crippen LogP contribution is 2.26. The summed E-state index contributed by atoms with van der Waals surface area (Å²) in [5.41, 5.74) is 0.544. The smallest absolute Gasteiger partial charge is 0.191 e. The molecule has 1 aliphatic heterocycles. The second-order valence-corrected chi connectivity index (χ2v) is 6.16. The Bertz CT molecular complexity index is 780. The number of aliphatic imine (C=N–C) groups is 1. The Balaban J connectivity index is 0.00000261. The minimum atomic E-state index is -0.562. The van der Waals surface area contributed by atoms with Crippen LogP contribution in [0.25, 0.3) is 0 Å². The maximum atomic E-state index is 13.9. The molecule has 0 spiro atoms. The van der Waals surface area contributed by atoms with Crippen LogP contribution in [0.4, 0.5) is 18.9 Å². The molecule has 1 atom stereocenters. The lowest BCUT2D eigenvalue weighted by molar-refractivity contribution is 0.575. The van der Waals surface area contributed by atoms with Crippen molar-refractivity contribution in [3.63, 3.8) is 0 Å². The van der Waals surface area contributed by atoms with Crippen molar-refractivity contribution < 1.29 is 13.2 Å². The van der Waals surface area contributed by atoms with Gasteiger partial charge < -0.3 is 15.5 Å². The molecule has 8 heteroatoms. The van der Waals surface area contributed by atoms with E-state index in [-0.39, 0.29) is 41.5 Å². The molecular formula is C19H22F3IN4. The lowest BCUT2D eigenvalue weighted by Gasteiger charge is -2.21. The standard InChI is InChI=1S/C19H21F3N4.HI/c1-23-19(24-11-13-5-2-3-6-15(13)20)25-14-9-10-26(12-14)18-16(21)7-4-8-17(18)22;/h2-8,14H,9-12H2,1H3,(H2,23,24,25);1H. The fraction of sp³-hybridized carbons (Fsp3) is 0.316. The lowest BCUT2D eigenvalue weighted by Crippen LogP contribution is -2.44. The van der Waals surface area contributed by atoms with E-state index in [0.29, 0.717) is 37.6 Å². The Morgan fingerprint density at radius 2 is 1.74 bits per heavy atom. The molecule has 1 fully saturated rings. The van der Waals surface area contributed by atoms with Gasteiger partial charge in [-0.15, -0.1) is 24.0 Å². The number of anilines is 1. The van der Waals surface area contributed by atoms with Gasteiger partial charge in [0.2, 0.25) is 0 Å². The number of nitrogens with one attached hydrogen (secondary N) is 2. The van der Waals surface area contributed by atoms with Crippen LogP contribution in [0, 0.1) is 17.5 Å². The summed E-state index contributed by atoms with van der Waals surface area (Å²) in [6, 6.07) is 10.4. The average molecular weight is 490 g/mol. The third kappa shape index (κ3) is 5.27. The van der Waals surface area contributed by atoms with E-state index in [1.54, 1.807) is 30.1 Å². The molecule has 2 aromatic carbocycles. The van der Waals surface area contributed by atoms with Crippen molar-refractivity contribution in [1.82, 2.24) is 10.6 Å². The van der Waals surface area contributed by atoms with E-state index in [2.05, 4.69) is 15.6 Å². The zero-order valence-corrected chi connectivity index (χ0v) is 17.2. The van der Waals surface area contributed by atoms with Crippen LogP contribution in [0.2, 0.25) is 0 Å². The van der Waals surface area contributed by atoms with Crippen molar-refractivity contribution in [2.75, 3.05) is 25.0 Å². The Kier molecular flexibility index (Phi) is 7.76. The lowest BCUT2D eigenvalue weighted by atomic mass is 10.2. The Morgan fingerprint density at radius 3 is 2.41 bits per heavy atom. The van der Waals surface area contributed by atoms with Crippen LogP contribution >= 0.6 is 24.0 Å². The van der Waals surface area contributed by atoms with E-state index >= 15 is 0 Å². The Hall–Kier alpha value is -1.97. The zero-order valence-electron chi connectivity index (χ0n) is 14.9. The number of hydrogen-bond donors (Lipinski definition) is 2. The van der Waals surface area contributed by atoms with Crippen molar-refractivity contribution in [3.05, 3.63) is 65.5 Å². The molecule has 2 aromatic rings. The molecule has 0 aromatic heterocycles. The second-order valence-electron chi connectivity index (χ2n) is 6.16. The second kappa shape index (κ2) is 9.82. The largest absolute Gasteiger partial charge is 0.365 e. The van der Waals surface area contributed by atoms with Crippen LogP contribution in [0.15, 0.2) is 47.5 Å². The first-order valence-electron chi connectivity index (χ1n) is 8.48. The van der Waals surface area contributed by atoms with Gasteiger partial charge in [0.15, 0.2) is 5.96 Å². The number of halogens is 4. The number of rotatable bonds is 4. The van der Waals surface area contributed by atoms with Crippen LogP contribution in [-0.4, -0.2) is 32.1 Å². The third-order valence-corrected chi connectivity index (χ3v) is 4.41.